The lowest BCUT2D eigenvalue weighted by Crippen LogP contribution is -2.53. The van der Waals surface area contributed by atoms with Crippen LogP contribution in [0.4, 0.5) is 5.69 Å². The Bertz CT molecular complexity index is 1180. The van der Waals surface area contributed by atoms with Gasteiger partial charge in [0.2, 0.25) is 21.8 Å². The number of ketones is 1. The zero-order valence-electron chi connectivity index (χ0n) is 21.3. The highest BCUT2D eigenvalue weighted by Crippen LogP contribution is 2.22. The second kappa shape index (κ2) is 12.9. The maximum absolute atomic E-state index is 13.7. The third-order valence-corrected chi connectivity index (χ3v) is 7.27. The third-order valence-electron chi connectivity index (χ3n) is 5.87. The fourth-order valence-corrected chi connectivity index (χ4v) is 4.61. The quantitative estimate of drug-likeness (QED) is 0.413. The number of hydrogen-bond donors (Lipinski definition) is 1. The van der Waals surface area contributed by atoms with Gasteiger partial charge in [-0.05, 0) is 56.5 Å². The number of anilines is 1. The average Bonchev–Trinajstić information content (AvgIpc) is 2.82. The van der Waals surface area contributed by atoms with Gasteiger partial charge in [-0.25, -0.2) is 8.42 Å². The minimum absolute atomic E-state index is 0.0825. The molecule has 36 heavy (non-hydrogen) atoms. The molecular formula is C26H34ClN3O5S. The molecule has 0 aliphatic carbocycles. The normalized spacial score (nSPS) is 12.9. The van der Waals surface area contributed by atoms with Crippen molar-refractivity contribution in [2.24, 2.45) is 0 Å². The molecule has 8 nitrogen and oxygen atoms in total. The van der Waals surface area contributed by atoms with Crippen molar-refractivity contribution < 1.29 is 22.8 Å². The molecule has 0 unspecified atom stereocenters. The van der Waals surface area contributed by atoms with Gasteiger partial charge >= 0.3 is 0 Å². The number of nitrogens with one attached hydrogen (secondary N) is 1. The summed E-state index contributed by atoms with van der Waals surface area (Å²) in [6.45, 7) is 6.57. The van der Waals surface area contributed by atoms with Crippen molar-refractivity contribution in [3.63, 3.8) is 0 Å². The van der Waals surface area contributed by atoms with Gasteiger partial charge in [0.1, 0.15) is 12.6 Å². The van der Waals surface area contributed by atoms with Crippen LogP contribution in [0.25, 0.3) is 0 Å². The van der Waals surface area contributed by atoms with Gasteiger partial charge in [-0.2, -0.15) is 0 Å². The van der Waals surface area contributed by atoms with E-state index < -0.39 is 28.5 Å². The number of rotatable bonds is 12. The van der Waals surface area contributed by atoms with E-state index in [1.807, 2.05) is 13.8 Å². The van der Waals surface area contributed by atoms with Crippen molar-refractivity contribution in [3.05, 3.63) is 64.7 Å². The molecule has 2 rings (SSSR count). The molecule has 2 aromatic carbocycles. The molecule has 2 atom stereocenters. The number of amides is 2. The van der Waals surface area contributed by atoms with Gasteiger partial charge in [-0.3, -0.25) is 18.7 Å². The summed E-state index contributed by atoms with van der Waals surface area (Å²) in [6.07, 6.45) is 2.05. The van der Waals surface area contributed by atoms with Crippen molar-refractivity contribution in [2.45, 2.75) is 59.2 Å². The van der Waals surface area contributed by atoms with Crippen LogP contribution in [0.1, 0.15) is 56.5 Å². The number of sulfonamides is 1. The predicted molar refractivity (Wildman–Crippen MR) is 143 cm³/mol. The second-order valence-corrected chi connectivity index (χ2v) is 11.1. The van der Waals surface area contributed by atoms with Crippen LogP contribution in [-0.4, -0.2) is 55.8 Å². The van der Waals surface area contributed by atoms with Crippen LogP contribution in [0.2, 0.25) is 5.02 Å². The molecule has 0 aromatic heterocycles. The van der Waals surface area contributed by atoms with Gasteiger partial charge < -0.3 is 10.2 Å². The number of benzene rings is 2. The van der Waals surface area contributed by atoms with Gasteiger partial charge in [-0.15, -0.1) is 0 Å². The Hall–Kier alpha value is -2.91. The van der Waals surface area contributed by atoms with Crippen molar-refractivity contribution in [1.82, 2.24) is 10.2 Å². The highest BCUT2D eigenvalue weighted by Gasteiger charge is 2.32. The second-order valence-electron chi connectivity index (χ2n) is 8.77. The van der Waals surface area contributed by atoms with Crippen LogP contribution in [-0.2, 0) is 26.2 Å². The highest BCUT2D eigenvalue weighted by atomic mass is 35.5. The standard InChI is InChI=1S/C26H34ClN3O5S/c1-6-18(3)28-26(33)24(7-2)29(16-20-11-13-22(27)14-12-20)25(32)17-30(36(5,34)35)23-10-8-9-21(15-23)19(4)31/h8-15,18,24H,6-7,16-17H2,1-5H3,(H,28,33)/t18-,24-/m0/s1. The molecule has 0 spiro atoms. The summed E-state index contributed by atoms with van der Waals surface area (Å²) in [5.41, 5.74) is 1.26. The lowest BCUT2D eigenvalue weighted by molar-refractivity contribution is -0.140. The molecule has 0 fully saturated rings. The first-order valence-electron chi connectivity index (χ1n) is 11.8. The summed E-state index contributed by atoms with van der Waals surface area (Å²) < 4.78 is 26.4. The minimum Gasteiger partial charge on any atom is -0.352 e. The Labute approximate surface area is 218 Å². The van der Waals surface area contributed by atoms with E-state index in [2.05, 4.69) is 5.32 Å². The summed E-state index contributed by atoms with van der Waals surface area (Å²) >= 11 is 6.00. The first-order valence-corrected chi connectivity index (χ1v) is 14.0. The molecule has 2 amide bonds. The number of hydrogen-bond acceptors (Lipinski definition) is 5. The number of Topliss-reactive ketones (excluding diaryl/α,β-unsaturated/α-hetero) is 1. The summed E-state index contributed by atoms with van der Waals surface area (Å²) in [5, 5.41) is 3.46. The average molecular weight is 536 g/mol. The third kappa shape index (κ3) is 8.06. The zero-order chi connectivity index (χ0) is 27.0. The van der Waals surface area contributed by atoms with Crippen molar-refractivity contribution >= 4 is 44.9 Å². The Kier molecular flexibility index (Phi) is 10.5. The van der Waals surface area contributed by atoms with Gasteiger partial charge in [0.05, 0.1) is 11.9 Å². The molecule has 2 aromatic rings. The van der Waals surface area contributed by atoms with E-state index >= 15 is 0 Å². The minimum atomic E-state index is -3.89. The van der Waals surface area contributed by atoms with Gasteiger partial charge in [0, 0.05) is 23.2 Å². The van der Waals surface area contributed by atoms with E-state index in [1.165, 1.54) is 24.0 Å². The lowest BCUT2D eigenvalue weighted by atomic mass is 10.1. The van der Waals surface area contributed by atoms with Crippen LogP contribution < -0.4 is 9.62 Å². The maximum atomic E-state index is 13.7. The zero-order valence-corrected chi connectivity index (χ0v) is 22.9. The smallest absolute Gasteiger partial charge is 0.244 e. The number of carbonyl (C=O) groups is 3. The number of carbonyl (C=O) groups excluding carboxylic acids is 3. The molecule has 0 saturated carbocycles. The van der Waals surface area contributed by atoms with Crippen molar-refractivity contribution in [1.29, 1.82) is 0 Å². The van der Waals surface area contributed by atoms with E-state index in [0.29, 0.717) is 17.0 Å². The Morgan fingerprint density at radius 2 is 1.67 bits per heavy atom. The summed E-state index contributed by atoms with van der Waals surface area (Å²) in [6, 6.07) is 12.1. The first-order chi connectivity index (χ1) is 16.9. The molecule has 0 aliphatic heterocycles. The summed E-state index contributed by atoms with van der Waals surface area (Å²) in [7, 11) is -3.89. The Morgan fingerprint density at radius 3 is 2.19 bits per heavy atom. The molecule has 1 N–H and O–H groups in total. The Morgan fingerprint density at radius 1 is 1.03 bits per heavy atom. The van der Waals surface area contributed by atoms with Crippen LogP contribution in [0, 0.1) is 0 Å². The summed E-state index contributed by atoms with van der Waals surface area (Å²) in [5.74, 6) is -1.08. The van der Waals surface area contributed by atoms with E-state index in [1.54, 1.807) is 43.3 Å². The highest BCUT2D eigenvalue weighted by molar-refractivity contribution is 7.92. The van der Waals surface area contributed by atoms with Gasteiger partial charge in [-0.1, -0.05) is 49.7 Å². The number of halogens is 1. The first kappa shape index (κ1) is 29.3. The fraction of sp³-hybridized carbons (Fsp3) is 0.423. The van der Waals surface area contributed by atoms with Crippen molar-refractivity contribution in [2.75, 3.05) is 17.1 Å². The molecule has 0 saturated heterocycles. The van der Waals surface area contributed by atoms with E-state index in [9.17, 15) is 22.8 Å². The Balaban J connectivity index is 2.47. The predicted octanol–water partition coefficient (Wildman–Crippen LogP) is 4.03. The van der Waals surface area contributed by atoms with E-state index in [-0.39, 0.29) is 30.0 Å². The van der Waals surface area contributed by atoms with E-state index in [4.69, 9.17) is 11.6 Å². The maximum Gasteiger partial charge on any atom is 0.244 e. The molecule has 0 radical (unpaired) electrons. The van der Waals surface area contributed by atoms with Crippen LogP contribution >= 0.6 is 11.6 Å². The van der Waals surface area contributed by atoms with Gasteiger partial charge in [0.25, 0.3) is 0 Å². The molecule has 0 bridgehead atoms. The molecule has 196 valence electrons. The number of nitrogens with zero attached hydrogens (tertiary/aromatic N) is 2. The lowest BCUT2D eigenvalue weighted by Gasteiger charge is -2.33. The monoisotopic (exact) mass is 535 g/mol. The van der Waals surface area contributed by atoms with Gasteiger partial charge in [0.15, 0.2) is 5.78 Å². The molecule has 0 aliphatic rings. The van der Waals surface area contributed by atoms with E-state index in [0.717, 1.165) is 22.5 Å². The molecule has 0 heterocycles. The summed E-state index contributed by atoms with van der Waals surface area (Å²) in [4.78, 5) is 40.0. The van der Waals surface area contributed by atoms with Crippen molar-refractivity contribution in [3.8, 4) is 0 Å². The molecule has 10 heteroatoms. The fourth-order valence-electron chi connectivity index (χ4n) is 3.64. The van der Waals surface area contributed by atoms with Crippen LogP contribution in [0.3, 0.4) is 0 Å². The largest absolute Gasteiger partial charge is 0.352 e. The van der Waals surface area contributed by atoms with Crippen LogP contribution in [0.15, 0.2) is 48.5 Å². The topological polar surface area (TPSA) is 104 Å². The molecular weight excluding hydrogens is 502 g/mol. The SMILES string of the molecule is CC[C@H](C)NC(=O)[C@H](CC)N(Cc1ccc(Cl)cc1)C(=O)CN(c1cccc(C(C)=O)c1)S(C)(=O)=O. The van der Waals surface area contributed by atoms with Crippen LogP contribution in [0.5, 0.6) is 0 Å².